The Bertz CT molecular complexity index is 471. The number of aromatic nitrogens is 1. The molecule has 116 valence electrons. The number of nitrogens with zero attached hydrogens (tertiary/aromatic N) is 1. The third kappa shape index (κ3) is 3.19. The Morgan fingerprint density at radius 2 is 1.67 bits per heavy atom. The van der Waals surface area contributed by atoms with E-state index in [0.29, 0.717) is 0 Å². The lowest BCUT2D eigenvalue weighted by atomic mass is 9.84. The smallest absolute Gasteiger partial charge is 0.185 e. The quantitative estimate of drug-likeness (QED) is 0.547. The highest BCUT2D eigenvalue weighted by molar-refractivity contribution is 7.16. The Morgan fingerprint density at radius 1 is 1.05 bits per heavy atom. The molecule has 0 N–H and O–H groups in total. The van der Waals surface area contributed by atoms with E-state index in [1.165, 1.54) is 63.9 Å². The molecule has 2 aliphatic carbocycles. The average molecular weight is 304 g/mol. The second kappa shape index (κ2) is 7.23. The molecule has 1 unspecified atom stereocenters. The molecule has 0 aromatic carbocycles. The molecule has 0 saturated heterocycles. The maximum absolute atomic E-state index is 2.94. The zero-order valence-electron chi connectivity index (χ0n) is 13.6. The molecule has 2 heteroatoms. The molecular formula is C19H31NP+. The zero-order valence-corrected chi connectivity index (χ0v) is 14.8. The Balaban J connectivity index is 2.07. The highest BCUT2D eigenvalue weighted by Crippen LogP contribution is 2.43. The first-order valence-electron chi connectivity index (χ1n) is 9.10. The monoisotopic (exact) mass is 304 g/mol. The molecule has 0 amide bonds. The van der Waals surface area contributed by atoms with Crippen molar-refractivity contribution in [3.8, 4) is 0 Å². The van der Waals surface area contributed by atoms with E-state index < -0.39 is 0 Å². The van der Waals surface area contributed by atoms with Crippen molar-refractivity contribution in [3.63, 3.8) is 0 Å². The molecule has 2 fully saturated rings. The fourth-order valence-corrected chi connectivity index (χ4v) is 4.93. The van der Waals surface area contributed by atoms with Gasteiger partial charge in [-0.05, 0) is 56.2 Å². The second-order valence-electron chi connectivity index (χ2n) is 6.92. The normalized spacial score (nSPS) is 20.5. The van der Waals surface area contributed by atoms with Crippen molar-refractivity contribution in [1.29, 1.82) is 0 Å². The maximum atomic E-state index is 2.94. The largest absolute Gasteiger partial charge is 0.202 e. The topological polar surface area (TPSA) is 3.88 Å². The van der Waals surface area contributed by atoms with Crippen LogP contribution in [0, 0.1) is 0 Å². The summed E-state index contributed by atoms with van der Waals surface area (Å²) in [6, 6.07) is 2.49. The van der Waals surface area contributed by atoms with Crippen LogP contribution in [-0.2, 0) is 13.0 Å². The fraction of sp³-hybridized carbons (Fsp3) is 0.737. The lowest BCUT2D eigenvalue weighted by molar-refractivity contribution is -0.701. The first kappa shape index (κ1) is 15.5. The van der Waals surface area contributed by atoms with Crippen molar-refractivity contribution in [2.75, 3.05) is 6.16 Å². The van der Waals surface area contributed by atoms with Crippen molar-refractivity contribution >= 4 is 9.24 Å². The molecule has 2 saturated carbocycles. The first-order valence-corrected chi connectivity index (χ1v) is 9.92. The standard InChI is InChI=1S/C19H31NP/c1-2-20-13-11-17(15-7-3-4-8-15)19(18(20)12-14-21)16-9-5-6-10-16/h11,13,15-16H,2-10,12,14,21H2,1H3/q+1. The molecule has 3 rings (SSSR count). The van der Waals surface area contributed by atoms with Gasteiger partial charge in [0, 0.05) is 18.1 Å². The zero-order chi connectivity index (χ0) is 14.7. The molecule has 1 aromatic heterocycles. The number of rotatable bonds is 5. The van der Waals surface area contributed by atoms with Crippen molar-refractivity contribution < 1.29 is 4.57 Å². The summed E-state index contributed by atoms with van der Waals surface area (Å²) in [6.45, 7) is 3.41. The highest BCUT2D eigenvalue weighted by atomic mass is 31.0. The van der Waals surface area contributed by atoms with Crippen LogP contribution in [0.3, 0.4) is 0 Å². The highest BCUT2D eigenvalue weighted by Gasteiger charge is 2.31. The summed E-state index contributed by atoms with van der Waals surface area (Å²) in [5.74, 6) is 1.71. The van der Waals surface area contributed by atoms with Crippen LogP contribution in [0.15, 0.2) is 12.3 Å². The predicted octanol–water partition coefficient (Wildman–Crippen LogP) is 4.73. The third-order valence-electron chi connectivity index (χ3n) is 5.68. The van der Waals surface area contributed by atoms with Gasteiger partial charge in [0.1, 0.15) is 6.54 Å². The van der Waals surface area contributed by atoms with Crippen LogP contribution in [0.4, 0.5) is 0 Å². The van der Waals surface area contributed by atoms with E-state index in [0.717, 1.165) is 18.4 Å². The summed E-state index contributed by atoms with van der Waals surface area (Å²) in [5.41, 5.74) is 5.17. The van der Waals surface area contributed by atoms with Gasteiger partial charge in [0.05, 0.1) is 0 Å². The van der Waals surface area contributed by atoms with Gasteiger partial charge in [0.25, 0.3) is 0 Å². The minimum atomic E-state index is 0.853. The second-order valence-corrected chi connectivity index (χ2v) is 7.50. The molecule has 1 aromatic rings. The molecule has 1 atom stereocenters. The van der Waals surface area contributed by atoms with Crippen LogP contribution in [0.1, 0.15) is 86.9 Å². The van der Waals surface area contributed by atoms with Crippen LogP contribution in [0.2, 0.25) is 0 Å². The summed E-state index contributed by atoms with van der Waals surface area (Å²) >= 11 is 0. The average Bonchev–Trinajstić information content (AvgIpc) is 3.20. The third-order valence-corrected chi connectivity index (χ3v) is 5.97. The van der Waals surface area contributed by atoms with Crippen LogP contribution in [0.5, 0.6) is 0 Å². The number of pyridine rings is 1. The molecular weight excluding hydrogens is 273 g/mol. The van der Waals surface area contributed by atoms with E-state index in [9.17, 15) is 0 Å². The Labute approximate surface area is 132 Å². The summed E-state index contributed by atoms with van der Waals surface area (Å²) in [5, 5.41) is 0. The summed E-state index contributed by atoms with van der Waals surface area (Å²) in [4.78, 5) is 0. The number of hydrogen-bond donors (Lipinski definition) is 0. The molecule has 21 heavy (non-hydrogen) atoms. The van der Waals surface area contributed by atoms with E-state index >= 15 is 0 Å². The van der Waals surface area contributed by atoms with Crippen molar-refractivity contribution in [1.82, 2.24) is 0 Å². The van der Waals surface area contributed by atoms with E-state index in [4.69, 9.17) is 0 Å². The Hall–Kier alpha value is -0.420. The molecule has 0 bridgehead atoms. The summed E-state index contributed by atoms with van der Waals surface area (Å²) < 4.78 is 2.52. The fourth-order valence-electron chi connectivity index (χ4n) is 4.66. The lowest BCUT2D eigenvalue weighted by Crippen LogP contribution is -2.39. The van der Waals surface area contributed by atoms with Gasteiger partial charge in [0.15, 0.2) is 11.9 Å². The molecule has 1 heterocycles. The molecule has 0 spiro atoms. The lowest BCUT2D eigenvalue weighted by Gasteiger charge is -2.21. The van der Waals surface area contributed by atoms with Gasteiger partial charge in [-0.25, -0.2) is 4.57 Å². The minimum absolute atomic E-state index is 0.853. The molecule has 1 nitrogen and oxygen atoms in total. The van der Waals surface area contributed by atoms with Gasteiger partial charge in [0.2, 0.25) is 0 Å². The number of hydrogen-bond acceptors (Lipinski definition) is 0. The minimum Gasteiger partial charge on any atom is -0.202 e. The van der Waals surface area contributed by atoms with E-state index in [1.807, 2.05) is 0 Å². The van der Waals surface area contributed by atoms with Crippen LogP contribution in [0.25, 0.3) is 0 Å². The maximum Gasteiger partial charge on any atom is 0.185 e. The predicted molar refractivity (Wildman–Crippen MR) is 93.0 cm³/mol. The molecule has 0 radical (unpaired) electrons. The Kier molecular flexibility index (Phi) is 5.33. The van der Waals surface area contributed by atoms with Crippen LogP contribution in [-0.4, -0.2) is 6.16 Å². The Morgan fingerprint density at radius 3 is 2.24 bits per heavy atom. The number of aryl methyl sites for hydroxylation is 1. The summed E-state index contributed by atoms with van der Waals surface area (Å²) in [7, 11) is 2.94. The van der Waals surface area contributed by atoms with Gasteiger partial charge in [-0.2, -0.15) is 0 Å². The van der Waals surface area contributed by atoms with Crippen molar-refractivity contribution in [2.45, 2.75) is 83.1 Å². The van der Waals surface area contributed by atoms with E-state index in [2.05, 4.69) is 33.0 Å². The molecule has 2 aliphatic rings. The first-order chi connectivity index (χ1) is 10.3. The van der Waals surface area contributed by atoms with Crippen LogP contribution >= 0.6 is 9.24 Å². The van der Waals surface area contributed by atoms with E-state index in [-0.39, 0.29) is 0 Å². The van der Waals surface area contributed by atoms with E-state index in [1.54, 1.807) is 16.8 Å². The van der Waals surface area contributed by atoms with Crippen molar-refractivity contribution in [2.24, 2.45) is 0 Å². The van der Waals surface area contributed by atoms with Gasteiger partial charge in [-0.1, -0.05) is 25.7 Å². The summed E-state index contributed by atoms with van der Waals surface area (Å²) in [6.07, 6.45) is 16.3. The van der Waals surface area contributed by atoms with Gasteiger partial charge < -0.3 is 0 Å². The van der Waals surface area contributed by atoms with Gasteiger partial charge in [-0.3, -0.25) is 0 Å². The molecule has 0 aliphatic heterocycles. The van der Waals surface area contributed by atoms with Gasteiger partial charge in [-0.15, -0.1) is 9.24 Å². The van der Waals surface area contributed by atoms with Gasteiger partial charge >= 0.3 is 0 Å². The SMILES string of the molecule is CC[n+]1ccc(C2CCCC2)c(C2CCCC2)c1CCP. The van der Waals surface area contributed by atoms with Crippen LogP contribution < -0.4 is 4.57 Å². The van der Waals surface area contributed by atoms with Crippen molar-refractivity contribution in [3.05, 3.63) is 29.1 Å².